The minimum absolute atomic E-state index is 0.713. The van der Waals surface area contributed by atoms with Crippen molar-refractivity contribution >= 4 is 0 Å². The average Bonchev–Trinajstić information content (AvgIpc) is 2.85. The van der Waals surface area contributed by atoms with E-state index in [4.69, 9.17) is 9.15 Å². The molecule has 0 bridgehead atoms. The number of ether oxygens (including phenoxy) is 1. The summed E-state index contributed by atoms with van der Waals surface area (Å²) in [5, 5.41) is 3.11. The van der Waals surface area contributed by atoms with E-state index in [0.29, 0.717) is 6.54 Å². The summed E-state index contributed by atoms with van der Waals surface area (Å²) in [6, 6.07) is 10.1. The van der Waals surface area contributed by atoms with Gasteiger partial charge in [0.15, 0.2) is 0 Å². The van der Waals surface area contributed by atoms with Crippen LogP contribution in [0.5, 0.6) is 5.75 Å². The number of nitrogens with one attached hydrogen (secondary N) is 1. The summed E-state index contributed by atoms with van der Waals surface area (Å²) in [5.74, 6) is 1.85. The van der Waals surface area contributed by atoms with Crippen LogP contribution >= 0.6 is 0 Å². The summed E-state index contributed by atoms with van der Waals surface area (Å²) in [6.07, 6.45) is 2.72. The molecule has 0 fully saturated rings. The molecule has 2 aromatic rings. The maximum Gasteiger partial charge on any atom is 0.127 e. The minimum Gasteiger partial charge on any atom is -0.493 e. The molecule has 1 aromatic carbocycles. The van der Waals surface area contributed by atoms with Crippen LogP contribution in [0.1, 0.15) is 19.1 Å². The van der Waals surface area contributed by atoms with E-state index in [1.165, 1.54) is 0 Å². The fraction of sp³-hybridized carbons (Fsp3) is 0.333. The van der Waals surface area contributed by atoms with Gasteiger partial charge in [-0.15, -0.1) is 0 Å². The average molecular weight is 245 g/mol. The van der Waals surface area contributed by atoms with Gasteiger partial charge in [-0.25, -0.2) is 0 Å². The SMILES string of the molecule is CCCOc1ccccc1-c1ccoc1CNC. The van der Waals surface area contributed by atoms with E-state index in [1.807, 2.05) is 31.3 Å². The van der Waals surface area contributed by atoms with Gasteiger partial charge in [0.2, 0.25) is 0 Å². The van der Waals surface area contributed by atoms with Crippen LogP contribution in [0.15, 0.2) is 41.0 Å². The van der Waals surface area contributed by atoms with E-state index in [9.17, 15) is 0 Å². The Balaban J connectivity index is 2.33. The molecule has 0 atom stereocenters. The Bertz CT molecular complexity index is 491. The molecule has 0 saturated carbocycles. The Labute approximate surface area is 108 Å². The zero-order chi connectivity index (χ0) is 12.8. The third-order valence-corrected chi connectivity index (χ3v) is 2.72. The van der Waals surface area contributed by atoms with Gasteiger partial charge in [-0.3, -0.25) is 0 Å². The first kappa shape index (κ1) is 12.7. The predicted molar refractivity (Wildman–Crippen MR) is 72.7 cm³/mol. The van der Waals surface area contributed by atoms with Crippen LogP contribution in [-0.4, -0.2) is 13.7 Å². The maximum atomic E-state index is 5.78. The van der Waals surface area contributed by atoms with Crippen LogP contribution in [0.25, 0.3) is 11.1 Å². The van der Waals surface area contributed by atoms with Crippen molar-refractivity contribution in [3.8, 4) is 16.9 Å². The van der Waals surface area contributed by atoms with Crippen molar-refractivity contribution in [3.63, 3.8) is 0 Å². The Morgan fingerprint density at radius 3 is 2.78 bits per heavy atom. The fourth-order valence-corrected chi connectivity index (χ4v) is 1.91. The molecule has 0 amide bonds. The Kier molecular flexibility index (Phi) is 4.42. The van der Waals surface area contributed by atoms with Crippen molar-refractivity contribution < 1.29 is 9.15 Å². The zero-order valence-corrected chi connectivity index (χ0v) is 10.9. The lowest BCUT2D eigenvalue weighted by Crippen LogP contribution is -2.05. The molecular weight excluding hydrogens is 226 g/mol. The predicted octanol–water partition coefficient (Wildman–Crippen LogP) is 3.45. The van der Waals surface area contributed by atoms with Crippen LogP contribution in [0, 0.1) is 0 Å². The van der Waals surface area contributed by atoms with E-state index in [2.05, 4.69) is 18.3 Å². The smallest absolute Gasteiger partial charge is 0.127 e. The van der Waals surface area contributed by atoms with Crippen molar-refractivity contribution in [2.75, 3.05) is 13.7 Å². The lowest BCUT2D eigenvalue weighted by Gasteiger charge is -2.10. The van der Waals surface area contributed by atoms with Crippen molar-refractivity contribution in [1.29, 1.82) is 0 Å². The third-order valence-electron chi connectivity index (χ3n) is 2.72. The van der Waals surface area contributed by atoms with Gasteiger partial charge in [-0.2, -0.15) is 0 Å². The molecule has 0 unspecified atom stereocenters. The van der Waals surface area contributed by atoms with Gasteiger partial charge in [0, 0.05) is 11.1 Å². The molecule has 0 aliphatic rings. The highest BCUT2D eigenvalue weighted by molar-refractivity contribution is 5.71. The van der Waals surface area contributed by atoms with E-state index >= 15 is 0 Å². The minimum atomic E-state index is 0.713. The summed E-state index contributed by atoms with van der Waals surface area (Å²) in [6.45, 7) is 3.55. The molecule has 3 heteroatoms. The van der Waals surface area contributed by atoms with Crippen LogP contribution < -0.4 is 10.1 Å². The van der Waals surface area contributed by atoms with Crippen LogP contribution in [0.3, 0.4) is 0 Å². The molecular formula is C15H19NO2. The first-order chi connectivity index (χ1) is 8.86. The van der Waals surface area contributed by atoms with Crippen molar-refractivity contribution in [2.24, 2.45) is 0 Å². The molecule has 0 aliphatic carbocycles. The molecule has 3 nitrogen and oxygen atoms in total. The molecule has 0 spiro atoms. The second-order valence-corrected chi connectivity index (χ2v) is 4.13. The highest BCUT2D eigenvalue weighted by atomic mass is 16.5. The van der Waals surface area contributed by atoms with Gasteiger partial charge in [-0.05, 0) is 25.6 Å². The number of para-hydroxylation sites is 1. The molecule has 2 rings (SSSR count). The number of hydrogen-bond acceptors (Lipinski definition) is 3. The highest BCUT2D eigenvalue weighted by Gasteiger charge is 2.12. The summed E-state index contributed by atoms with van der Waals surface area (Å²) in [4.78, 5) is 0. The van der Waals surface area contributed by atoms with E-state index in [1.54, 1.807) is 6.26 Å². The standard InChI is InChI=1S/C15H19NO2/c1-3-9-17-14-7-5-4-6-12(14)13-8-10-18-15(13)11-16-2/h4-8,10,16H,3,9,11H2,1-2H3. The molecule has 1 N–H and O–H groups in total. The number of furan rings is 1. The zero-order valence-electron chi connectivity index (χ0n) is 10.9. The summed E-state index contributed by atoms with van der Waals surface area (Å²) < 4.78 is 11.3. The fourth-order valence-electron chi connectivity index (χ4n) is 1.91. The summed E-state index contributed by atoms with van der Waals surface area (Å²) >= 11 is 0. The number of hydrogen-bond donors (Lipinski definition) is 1. The van der Waals surface area contributed by atoms with Crippen LogP contribution in [-0.2, 0) is 6.54 Å². The van der Waals surface area contributed by atoms with Gasteiger partial charge in [0.05, 0.1) is 19.4 Å². The summed E-state index contributed by atoms with van der Waals surface area (Å²) in [7, 11) is 1.91. The van der Waals surface area contributed by atoms with E-state index < -0.39 is 0 Å². The molecule has 18 heavy (non-hydrogen) atoms. The largest absolute Gasteiger partial charge is 0.493 e. The molecule has 0 saturated heterocycles. The monoisotopic (exact) mass is 245 g/mol. The van der Waals surface area contributed by atoms with Gasteiger partial charge >= 0.3 is 0 Å². The van der Waals surface area contributed by atoms with Gasteiger partial charge in [0.1, 0.15) is 11.5 Å². The molecule has 0 aliphatic heterocycles. The third kappa shape index (κ3) is 2.74. The number of rotatable bonds is 6. The van der Waals surface area contributed by atoms with Crippen LogP contribution in [0.4, 0.5) is 0 Å². The Hall–Kier alpha value is -1.74. The van der Waals surface area contributed by atoms with E-state index in [-0.39, 0.29) is 0 Å². The molecule has 1 heterocycles. The molecule has 1 aromatic heterocycles. The van der Waals surface area contributed by atoms with Crippen molar-refractivity contribution in [2.45, 2.75) is 19.9 Å². The Morgan fingerprint density at radius 2 is 2.00 bits per heavy atom. The molecule has 96 valence electrons. The van der Waals surface area contributed by atoms with Crippen molar-refractivity contribution in [3.05, 3.63) is 42.4 Å². The van der Waals surface area contributed by atoms with E-state index in [0.717, 1.165) is 35.7 Å². The second-order valence-electron chi connectivity index (χ2n) is 4.13. The second kappa shape index (κ2) is 6.26. The maximum absolute atomic E-state index is 5.78. The first-order valence-corrected chi connectivity index (χ1v) is 6.30. The molecule has 0 radical (unpaired) electrons. The van der Waals surface area contributed by atoms with Crippen LogP contribution in [0.2, 0.25) is 0 Å². The van der Waals surface area contributed by atoms with Gasteiger partial charge in [0.25, 0.3) is 0 Å². The van der Waals surface area contributed by atoms with Gasteiger partial charge < -0.3 is 14.5 Å². The summed E-state index contributed by atoms with van der Waals surface area (Å²) in [5.41, 5.74) is 2.18. The normalized spacial score (nSPS) is 10.6. The Morgan fingerprint density at radius 1 is 1.17 bits per heavy atom. The lowest BCUT2D eigenvalue weighted by atomic mass is 10.1. The van der Waals surface area contributed by atoms with Gasteiger partial charge in [-0.1, -0.05) is 25.1 Å². The topological polar surface area (TPSA) is 34.4 Å². The van der Waals surface area contributed by atoms with Crippen molar-refractivity contribution in [1.82, 2.24) is 5.32 Å². The highest BCUT2D eigenvalue weighted by Crippen LogP contribution is 2.33. The number of benzene rings is 1. The lowest BCUT2D eigenvalue weighted by molar-refractivity contribution is 0.318. The quantitative estimate of drug-likeness (QED) is 0.846. The first-order valence-electron chi connectivity index (χ1n) is 6.30.